The molecule has 4 aromatic rings. The third kappa shape index (κ3) is 4.08. The maximum Gasteiger partial charge on any atom is 0.261 e. The second-order valence-electron chi connectivity index (χ2n) is 9.42. The summed E-state index contributed by atoms with van der Waals surface area (Å²) in [6.07, 6.45) is 2.01. The van der Waals surface area contributed by atoms with E-state index < -0.39 is 5.82 Å². The molecule has 1 saturated heterocycles. The van der Waals surface area contributed by atoms with Gasteiger partial charge in [0.15, 0.2) is 0 Å². The maximum atomic E-state index is 14.6. The number of pyridine rings is 1. The zero-order valence-corrected chi connectivity index (χ0v) is 19.6. The van der Waals surface area contributed by atoms with Gasteiger partial charge in [0.1, 0.15) is 17.2 Å². The van der Waals surface area contributed by atoms with E-state index in [0.29, 0.717) is 29.8 Å². The number of aromatic nitrogens is 3. The number of nitrogens with zero attached hydrogens (tertiary/aromatic N) is 3. The van der Waals surface area contributed by atoms with Crippen LogP contribution in [0.25, 0.3) is 33.3 Å². The fourth-order valence-electron chi connectivity index (χ4n) is 5.23. The lowest BCUT2D eigenvalue weighted by molar-refractivity contribution is 0.175. The molecule has 2 aromatic heterocycles. The second-order valence-corrected chi connectivity index (χ2v) is 9.42. The molecule has 0 bridgehead atoms. The number of nitrogen functional groups attached to an aromatic ring is 1. The number of likely N-dealkylation sites (tertiary alicyclic amines) is 1. The van der Waals surface area contributed by atoms with E-state index in [4.69, 9.17) is 10.7 Å². The van der Waals surface area contributed by atoms with E-state index >= 15 is 0 Å². The Morgan fingerprint density at radius 3 is 2.88 bits per heavy atom. The van der Waals surface area contributed by atoms with E-state index in [-0.39, 0.29) is 22.2 Å². The third-order valence-corrected chi connectivity index (χ3v) is 6.98. The Balaban J connectivity index is 1.47. The van der Waals surface area contributed by atoms with Crippen LogP contribution in [-0.2, 0) is 6.54 Å². The van der Waals surface area contributed by atoms with Crippen LogP contribution in [0, 0.1) is 11.7 Å². The average molecular weight is 463 g/mol. The van der Waals surface area contributed by atoms with Crippen LogP contribution >= 0.6 is 0 Å². The van der Waals surface area contributed by atoms with E-state index in [2.05, 4.69) is 29.2 Å². The fraction of sp³-hybridized carbons (Fsp3) is 0.385. The number of aryl methyl sites for hydroxylation is 1. The molecule has 1 fully saturated rings. The molecule has 1 aliphatic rings. The lowest BCUT2D eigenvalue weighted by Gasteiger charge is -2.35. The summed E-state index contributed by atoms with van der Waals surface area (Å²) in [7, 11) is 2.17. The van der Waals surface area contributed by atoms with Gasteiger partial charge in [0.25, 0.3) is 5.56 Å². The molecule has 1 unspecified atom stereocenters. The molecule has 0 radical (unpaired) electrons. The molecule has 0 spiro atoms. The second kappa shape index (κ2) is 9.19. The van der Waals surface area contributed by atoms with Crippen molar-refractivity contribution in [1.29, 1.82) is 0 Å². The summed E-state index contributed by atoms with van der Waals surface area (Å²) in [4.78, 5) is 23.0. The summed E-state index contributed by atoms with van der Waals surface area (Å²) in [5.41, 5.74) is 8.44. The molecule has 1 aliphatic heterocycles. The molecule has 34 heavy (non-hydrogen) atoms. The number of H-pyrrole nitrogens is 1. The topological polar surface area (TPSA) is 92.0 Å². The van der Waals surface area contributed by atoms with Crippen molar-refractivity contribution in [3.63, 3.8) is 0 Å². The lowest BCUT2D eigenvalue weighted by Crippen LogP contribution is -2.47. The normalized spacial score (nSPS) is 19.3. The number of hydrogen-bond donors (Lipinski definition) is 3. The Morgan fingerprint density at radius 1 is 1.24 bits per heavy atom. The Kier molecular flexibility index (Phi) is 6.10. The number of nitrogens with one attached hydrogen (secondary N) is 2. The summed E-state index contributed by atoms with van der Waals surface area (Å²) in [5, 5.41) is 3.93. The number of halogens is 1. The van der Waals surface area contributed by atoms with E-state index in [1.54, 1.807) is 12.1 Å². The smallest absolute Gasteiger partial charge is 0.261 e. The lowest BCUT2D eigenvalue weighted by atomic mass is 9.94. The molecule has 7 nitrogen and oxygen atoms in total. The highest BCUT2D eigenvalue weighted by molar-refractivity contribution is 5.98. The molecule has 0 saturated carbocycles. The summed E-state index contributed by atoms with van der Waals surface area (Å²) < 4.78 is 16.7. The van der Waals surface area contributed by atoms with Gasteiger partial charge in [-0.2, -0.15) is 0 Å². The first kappa shape index (κ1) is 22.6. The van der Waals surface area contributed by atoms with E-state index in [9.17, 15) is 9.18 Å². The van der Waals surface area contributed by atoms with Crippen LogP contribution in [-0.4, -0.2) is 52.2 Å². The van der Waals surface area contributed by atoms with Gasteiger partial charge in [0.05, 0.1) is 27.6 Å². The minimum absolute atomic E-state index is 0.117. The number of rotatable bonds is 6. The molecular weight excluding hydrogens is 431 g/mol. The first-order valence-electron chi connectivity index (χ1n) is 11.9. The van der Waals surface area contributed by atoms with Crippen molar-refractivity contribution in [2.24, 2.45) is 5.92 Å². The van der Waals surface area contributed by atoms with Crippen molar-refractivity contribution in [2.45, 2.75) is 32.4 Å². The Labute approximate surface area is 197 Å². The molecule has 0 amide bonds. The van der Waals surface area contributed by atoms with Gasteiger partial charge in [0, 0.05) is 19.1 Å². The average Bonchev–Trinajstić information content (AvgIpc) is 3.15. The molecular formula is C26H31FN6O. The quantitative estimate of drug-likeness (QED) is 0.381. The minimum atomic E-state index is -0.466. The van der Waals surface area contributed by atoms with Crippen LogP contribution in [0.1, 0.15) is 19.8 Å². The first-order chi connectivity index (χ1) is 16.4. The summed E-state index contributed by atoms with van der Waals surface area (Å²) >= 11 is 0. The van der Waals surface area contributed by atoms with Crippen molar-refractivity contribution in [3.8, 4) is 11.4 Å². The molecule has 8 heteroatoms. The third-order valence-electron chi connectivity index (χ3n) is 6.98. The van der Waals surface area contributed by atoms with Gasteiger partial charge in [-0.1, -0.05) is 25.1 Å². The number of nitrogens with two attached hydrogens (primary N) is 1. The van der Waals surface area contributed by atoms with Crippen molar-refractivity contribution in [3.05, 3.63) is 58.6 Å². The Bertz CT molecular complexity index is 1390. The van der Waals surface area contributed by atoms with Gasteiger partial charge in [-0.05, 0) is 63.2 Å². The predicted octanol–water partition coefficient (Wildman–Crippen LogP) is 3.59. The van der Waals surface area contributed by atoms with Gasteiger partial charge in [-0.3, -0.25) is 4.79 Å². The van der Waals surface area contributed by atoms with Crippen LogP contribution in [0.2, 0.25) is 0 Å². The number of hydrogen-bond acceptors (Lipinski definition) is 5. The molecule has 0 aliphatic carbocycles. The molecule has 5 rings (SSSR count). The van der Waals surface area contributed by atoms with Gasteiger partial charge < -0.3 is 25.5 Å². The summed E-state index contributed by atoms with van der Waals surface area (Å²) in [6, 6.07) is 12.8. The van der Waals surface area contributed by atoms with Gasteiger partial charge in [0.2, 0.25) is 0 Å². The van der Waals surface area contributed by atoms with Gasteiger partial charge >= 0.3 is 0 Å². The molecule has 2 atom stereocenters. The van der Waals surface area contributed by atoms with E-state index in [0.717, 1.165) is 43.5 Å². The number of imidazole rings is 1. The van der Waals surface area contributed by atoms with Crippen LogP contribution in [0.5, 0.6) is 0 Å². The number of benzene rings is 2. The standard InChI is InChI=1S/C26H31FN6O/c1-16-15-32(2)14-11-18(16)29-12-6-13-33-21-10-4-3-8-19(21)30-25(33)23-24(28)22-17(27)7-5-9-20(22)31-26(23)34/h3-5,7-10,16,18,29H,6,11-15H2,1-2H3,(H3,28,31,34)/t16?,18-/m0/s1. The Morgan fingerprint density at radius 2 is 2.06 bits per heavy atom. The predicted molar refractivity (Wildman–Crippen MR) is 135 cm³/mol. The molecule has 4 N–H and O–H groups in total. The largest absolute Gasteiger partial charge is 0.397 e. The number of para-hydroxylation sites is 2. The highest BCUT2D eigenvalue weighted by Gasteiger charge is 2.24. The highest BCUT2D eigenvalue weighted by Crippen LogP contribution is 2.32. The van der Waals surface area contributed by atoms with Crippen LogP contribution in [0.15, 0.2) is 47.3 Å². The zero-order chi connectivity index (χ0) is 23.8. The van der Waals surface area contributed by atoms with Crippen LogP contribution in [0.3, 0.4) is 0 Å². The molecule has 2 aromatic carbocycles. The maximum absolute atomic E-state index is 14.6. The number of fused-ring (bicyclic) bond motifs is 2. The molecule has 3 heterocycles. The summed E-state index contributed by atoms with van der Waals surface area (Å²) in [5.74, 6) is 0.610. The monoisotopic (exact) mass is 462 g/mol. The van der Waals surface area contributed by atoms with Crippen LogP contribution in [0.4, 0.5) is 10.1 Å². The zero-order valence-electron chi connectivity index (χ0n) is 19.6. The SMILES string of the molecule is CC1CN(C)CC[C@@H]1NCCCn1c(-c2c(N)c3c(F)cccc3[nH]c2=O)nc2ccccc21. The first-order valence-corrected chi connectivity index (χ1v) is 11.9. The highest BCUT2D eigenvalue weighted by atomic mass is 19.1. The van der Waals surface area contributed by atoms with E-state index in [1.165, 1.54) is 6.07 Å². The van der Waals surface area contributed by atoms with Crippen molar-refractivity contribution in [1.82, 2.24) is 24.8 Å². The molecule has 178 valence electrons. The van der Waals surface area contributed by atoms with E-state index in [1.807, 2.05) is 28.8 Å². The Hall–Kier alpha value is -3.23. The summed E-state index contributed by atoms with van der Waals surface area (Å²) in [6.45, 7) is 6.04. The van der Waals surface area contributed by atoms with Crippen molar-refractivity contribution < 1.29 is 4.39 Å². The van der Waals surface area contributed by atoms with Crippen LogP contribution < -0.4 is 16.6 Å². The number of aromatic amines is 1. The number of anilines is 1. The van der Waals surface area contributed by atoms with Gasteiger partial charge in [-0.25, -0.2) is 9.37 Å². The fourth-order valence-corrected chi connectivity index (χ4v) is 5.23. The van der Waals surface area contributed by atoms with Crippen molar-refractivity contribution in [2.75, 3.05) is 32.4 Å². The minimum Gasteiger partial charge on any atom is -0.397 e. The van der Waals surface area contributed by atoms with Crippen molar-refractivity contribution >= 4 is 27.6 Å². The number of piperidine rings is 1. The van der Waals surface area contributed by atoms with Gasteiger partial charge in [-0.15, -0.1) is 0 Å².